The highest BCUT2D eigenvalue weighted by Gasteiger charge is 2.14. The zero-order chi connectivity index (χ0) is 12.1. The number of hydrogen-bond donors (Lipinski definition) is 4. The molecular formula is C8H12N4O4. The average molecular weight is 228 g/mol. The van der Waals surface area contributed by atoms with E-state index in [0.29, 0.717) is 5.82 Å². The quantitative estimate of drug-likeness (QED) is 0.526. The first kappa shape index (κ1) is 12.0. The number of carboxylic acid groups (broad SMARTS) is 1. The lowest BCUT2D eigenvalue weighted by molar-refractivity contribution is -0.146. The van der Waals surface area contributed by atoms with Crippen LogP contribution in [0.4, 0.5) is 10.6 Å². The molecule has 8 nitrogen and oxygen atoms in total. The summed E-state index contributed by atoms with van der Waals surface area (Å²) in [4.78, 5) is 21.4. The number of rotatable bonds is 4. The maximum absolute atomic E-state index is 11.2. The molecule has 0 saturated heterocycles. The number of urea groups is 1. The SMILES string of the molecule is Cn1ccc(NC(=O)NCC(O)C(=O)O)n1. The summed E-state index contributed by atoms with van der Waals surface area (Å²) < 4.78 is 1.50. The van der Waals surface area contributed by atoms with Gasteiger partial charge in [0.05, 0.1) is 6.54 Å². The Kier molecular flexibility index (Phi) is 3.84. The molecule has 8 heteroatoms. The minimum atomic E-state index is -1.62. The number of aliphatic hydroxyl groups excluding tert-OH is 1. The predicted octanol–water partition coefficient (Wildman–Crippen LogP) is -1.01. The van der Waals surface area contributed by atoms with Gasteiger partial charge in [-0.05, 0) is 0 Å². The summed E-state index contributed by atoms with van der Waals surface area (Å²) in [7, 11) is 1.69. The van der Waals surface area contributed by atoms with E-state index in [0.717, 1.165) is 0 Å². The molecule has 0 aliphatic rings. The summed E-state index contributed by atoms with van der Waals surface area (Å²) in [6.07, 6.45) is 0.0244. The number of nitrogens with one attached hydrogen (secondary N) is 2. The van der Waals surface area contributed by atoms with Crippen molar-refractivity contribution in [2.45, 2.75) is 6.10 Å². The fourth-order valence-electron chi connectivity index (χ4n) is 0.919. The number of anilines is 1. The minimum absolute atomic E-state index is 0.338. The number of aromatic nitrogens is 2. The van der Waals surface area contributed by atoms with Gasteiger partial charge in [-0.15, -0.1) is 0 Å². The van der Waals surface area contributed by atoms with Gasteiger partial charge in [0.1, 0.15) is 0 Å². The molecule has 0 aliphatic heterocycles. The van der Waals surface area contributed by atoms with Crippen LogP contribution in [0.1, 0.15) is 0 Å². The number of aryl methyl sites for hydroxylation is 1. The molecule has 88 valence electrons. The molecule has 1 heterocycles. The van der Waals surface area contributed by atoms with Gasteiger partial charge in [0, 0.05) is 19.3 Å². The first-order chi connectivity index (χ1) is 7.49. The van der Waals surface area contributed by atoms with Crippen LogP contribution in [0.5, 0.6) is 0 Å². The number of nitrogens with zero attached hydrogens (tertiary/aromatic N) is 2. The molecule has 16 heavy (non-hydrogen) atoms. The maximum atomic E-state index is 11.2. The summed E-state index contributed by atoms with van der Waals surface area (Å²) in [5.74, 6) is -1.05. The highest BCUT2D eigenvalue weighted by atomic mass is 16.4. The van der Waals surface area contributed by atoms with E-state index >= 15 is 0 Å². The summed E-state index contributed by atoms with van der Waals surface area (Å²) in [6, 6.07) is 0.951. The fraction of sp³-hybridized carbons (Fsp3) is 0.375. The lowest BCUT2D eigenvalue weighted by atomic mass is 10.4. The lowest BCUT2D eigenvalue weighted by Gasteiger charge is -2.07. The van der Waals surface area contributed by atoms with Crippen LogP contribution in [-0.2, 0) is 11.8 Å². The first-order valence-electron chi connectivity index (χ1n) is 4.44. The van der Waals surface area contributed by atoms with Crippen LogP contribution in [0.3, 0.4) is 0 Å². The van der Waals surface area contributed by atoms with Crippen molar-refractivity contribution >= 4 is 17.8 Å². The van der Waals surface area contributed by atoms with Gasteiger partial charge < -0.3 is 15.5 Å². The molecule has 1 aromatic heterocycles. The predicted molar refractivity (Wildman–Crippen MR) is 53.9 cm³/mol. The van der Waals surface area contributed by atoms with Gasteiger partial charge in [0.15, 0.2) is 11.9 Å². The highest BCUT2D eigenvalue weighted by molar-refractivity contribution is 5.88. The van der Waals surface area contributed by atoms with E-state index < -0.39 is 18.1 Å². The Morgan fingerprint density at radius 3 is 2.81 bits per heavy atom. The Morgan fingerprint density at radius 2 is 2.31 bits per heavy atom. The Morgan fingerprint density at radius 1 is 1.62 bits per heavy atom. The molecule has 0 spiro atoms. The molecule has 0 aliphatic carbocycles. The highest BCUT2D eigenvalue weighted by Crippen LogP contribution is 1.99. The zero-order valence-corrected chi connectivity index (χ0v) is 8.54. The standard InChI is InChI=1S/C8H12N4O4/c1-12-3-2-6(11-12)10-8(16)9-4-5(13)7(14)15/h2-3,5,13H,4H2,1H3,(H,14,15)(H2,9,10,11,16). The van der Waals surface area contributed by atoms with Crippen LogP contribution in [0.25, 0.3) is 0 Å². The van der Waals surface area contributed by atoms with E-state index in [1.165, 1.54) is 4.68 Å². The molecule has 1 rings (SSSR count). The topological polar surface area (TPSA) is 116 Å². The normalized spacial score (nSPS) is 11.9. The van der Waals surface area contributed by atoms with Crippen molar-refractivity contribution in [1.29, 1.82) is 0 Å². The third-order valence-electron chi connectivity index (χ3n) is 1.70. The molecule has 1 atom stereocenters. The number of aliphatic carboxylic acids is 1. The second-order valence-electron chi connectivity index (χ2n) is 3.06. The lowest BCUT2D eigenvalue weighted by Crippen LogP contribution is -2.38. The molecule has 0 saturated carbocycles. The number of carbonyl (C=O) groups excluding carboxylic acids is 1. The van der Waals surface area contributed by atoms with E-state index in [4.69, 9.17) is 10.2 Å². The molecule has 1 unspecified atom stereocenters. The van der Waals surface area contributed by atoms with Gasteiger partial charge in [0.25, 0.3) is 0 Å². The Balaban J connectivity index is 2.34. The van der Waals surface area contributed by atoms with Crippen LogP contribution in [0.15, 0.2) is 12.3 Å². The largest absolute Gasteiger partial charge is 0.479 e. The van der Waals surface area contributed by atoms with E-state index in [9.17, 15) is 9.59 Å². The number of hydrogen-bond acceptors (Lipinski definition) is 4. The van der Waals surface area contributed by atoms with Crippen LogP contribution < -0.4 is 10.6 Å². The van der Waals surface area contributed by atoms with Crippen LogP contribution in [-0.4, -0.2) is 44.6 Å². The van der Waals surface area contributed by atoms with Crippen molar-refractivity contribution in [2.75, 3.05) is 11.9 Å². The first-order valence-corrected chi connectivity index (χ1v) is 4.44. The number of carbonyl (C=O) groups is 2. The summed E-state index contributed by atoms with van der Waals surface area (Å²) >= 11 is 0. The second-order valence-corrected chi connectivity index (χ2v) is 3.06. The summed E-state index contributed by atoms with van der Waals surface area (Å²) in [6.45, 7) is -0.367. The van der Waals surface area contributed by atoms with Crippen molar-refractivity contribution in [2.24, 2.45) is 7.05 Å². The second kappa shape index (κ2) is 5.12. The third kappa shape index (κ3) is 3.58. The van der Waals surface area contributed by atoms with Gasteiger partial charge in [-0.1, -0.05) is 0 Å². The molecule has 0 fully saturated rings. The summed E-state index contributed by atoms with van der Waals surface area (Å²) in [5.41, 5.74) is 0. The van der Waals surface area contributed by atoms with Crippen molar-refractivity contribution in [3.8, 4) is 0 Å². The smallest absolute Gasteiger partial charge is 0.334 e. The Bertz CT molecular complexity index is 389. The molecule has 0 bridgehead atoms. The van der Waals surface area contributed by atoms with Crippen molar-refractivity contribution in [3.05, 3.63) is 12.3 Å². The third-order valence-corrected chi connectivity index (χ3v) is 1.70. The Hall–Kier alpha value is -2.09. The van der Waals surface area contributed by atoms with Crippen molar-refractivity contribution < 1.29 is 19.8 Å². The summed E-state index contributed by atoms with van der Waals surface area (Å²) in [5, 5.41) is 25.7. The van der Waals surface area contributed by atoms with Gasteiger partial charge in [-0.25, -0.2) is 9.59 Å². The maximum Gasteiger partial charge on any atom is 0.334 e. The van der Waals surface area contributed by atoms with E-state index in [2.05, 4.69) is 15.7 Å². The van der Waals surface area contributed by atoms with Gasteiger partial charge in [-0.3, -0.25) is 10.00 Å². The zero-order valence-electron chi connectivity index (χ0n) is 8.54. The minimum Gasteiger partial charge on any atom is -0.479 e. The number of amides is 2. The molecule has 4 N–H and O–H groups in total. The van der Waals surface area contributed by atoms with Gasteiger partial charge in [0.2, 0.25) is 0 Å². The Labute approximate surface area is 90.9 Å². The molecule has 0 aromatic carbocycles. The van der Waals surface area contributed by atoms with Crippen LogP contribution in [0, 0.1) is 0 Å². The van der Waals surface area contributed by atoms with E-state index in [-0.39, 0.29) is 6.54 Å². The monoisotopic (exact) mass is 228 g/mol. The number of carboxylic acids is 1. The van der Waals surface area contributed by atoms with Crippen molar-refractivity contribution in [1.82, 2.24) is 15.1 Å². The number of aliphatic hydroxyl groups is 1. The van der Waals surface area contributed by atoms with Gasteiger partial charge >= 0.3 is 12.0 Å². The van der Waals surface area contributed by atoms with Crippen LogP contribution >= 0.6 is 0 Å². The molecular weight excluding hydrogens is 216 g/mol. The molecule has 1 aromatic rings. The van der Waals surface area contributed by atoms with E-state index in [1.54, 1.807) is 19.3 Å². The van der Waals surface area contributed by atoms with Crippen LogP contribution in [0.2, 0.25) is 0 Å². The molecule has 2 amide bonds. The van der Waals surface area contributed by atoms with E-state index in [1.807, 2.05) is 0 Å². The van der Waals surface area contributed by atoms with Gasteiger partial charge in [-0.2, -0.15) is 5.10 Å². The fourth-order valence-corrected chi connectivity index (χ4v) is 0.919. The average Bonchev–Trinajstić information content (AvgIpc) is 2.60. The van der Waals surface area contributed by atoms with Crippen molar-refractivity contribution in [3.63, 3.8) is 0 Å². The molecule has 0 radical (unpaired) electrons.